The highest BCUT2D eigenvalue weighted by atomic mass is 19.1. The maximum absolute atomic E-state index is 13.3. The molecule has 0 aliphatic rings. The van der Waals surface area contributed by atoms with Crippen LogP contribution in [0, 0.1) is 18.6 Å². The van der Waals surface area contributed by atoms with Crippen LogP contribution < -0.4 is 4.74 Å². The molecule has 0 radical (unpaired) electrons. The van der Waals surface area contributed by atoms with Gasteiger partial charge in [-0.3, -0.25) is 0 Å². The van der Waals surface area contributed by atoms with Gasteiger partial charge in [0.15, 0.2) is 0 Å². The van der Waals surface area contributed by atoms with Crippen LogP contribution in [0.1, 0.15) is 31.1 Å². The molecule has 0 aliphatic carbocycles. The van der Waals surface area contributed by atoms with Crippen molar-refractivity contribution in [2.45, 2.75) is 26.9 Å². The molecule has 2 rings (SSSR count). The minimum atomic E-state index is -0.630. The summed E-state index contributed by atoms with van der Waals surface area (Å²) in [4.78, 5) is 10.5. The number of benzene rings is 1. The van der Waals surface area contributed by atoms with Crippen LogP contribution in [0.15, 0.2) is 35.5 Å². The Morgan fingerprint density at radius 3 is 2.50 bits per heavy atom. The number of halogens is 2. The van der Waals surface area contributed by atoms with E-state index in [9.17, 15) is 8.78 Å². The first-order valence-corrected chi connectivity index (χ1v) is 7.72. The van der Waals surface area contributed by atoms with Crippen molar-refractivity contribution in [1.29, 1.82) is 0 Å². The molecule has 1 aromatic heterocycles. The minimum absolute atomic E-state index is 0.382. The van der Waals surface area contributed by atoms with Gasteiger partial charge in [-0.05, 0) is 44.0 Å². The predicted octanol–water partition coefficient (Wildman–Crippen LogP) is 4.42. The normalized spacial score (nSPS) is 12.4. The SMILES string of the molecule is CCN(C)/C=N/c1cnc(OC(C)c2cc(F)cc(F)c2)cc1C. The van der Waals surface area contributed by atoms with Crippen LogP contribution in [0.25, 0.3) is 0 Å². The van der Waals surface area contributed by atoms with Crippen LogP contribution in [0.3, 0.4) is 0 Å². The van der Waals surface area contributed by atoms with E-state index in [0.717, 1.165) is 23.9 Å². The van der Waals surface area contributed by atoms with Gasteiger partial charge >= 0.3 is 0 Å². The maximum atomic E-state index is 13.3. The molecule has 128 valence electrons. The fraction of sp³-hybridized carbons (Fsp3) is 0.333. The maximum Gasteiger partial charge on any atom is 0.214 e. The van der Waals surface area contributed by atoms with E-state index in [-0.39, 0.29) is 0 Å². The van der Waals surface area contributed by atoms with Gasteiger partial charge in [-0.25, -0.2) is 18.8 Å². The molecule has 6 heteroatoms. The van der Waals surface area contributed by atoms with Crippen LogP contribution in [0.2, 0.25) is 0 Å². The van der Waals surface area contributed by atoms with Gasteiger partial charge in [0.25, 0.3) is 0 Å². The zero-order valence-electron chi connectivity index (χ0n) is 14.3. The van der Waals surface area contributed by atoms with Crippen LogP contribution >= 0.6 is 0 Å². The number of nitrogens with zero attached hydrogens (tertiary/aromatic N) is 3. The lowest BCUT2D eigenvalue weighted by molar-refractivity contribution is 0.216. The van der Waals surface area contributed by atoms with Crippen molar-refractivity contribution in [3.63, 3.8) is 0 Å². The summed E-state index contributed by atoms with van der Waals surface area (Å²) >= 11 is 0. The summed E-state index contributed by atoms with van der Waals surface area (Å²) in [5.74, 6) is -0.879. The zero-order chi connectivity index (χ0) is 17.7. The van der Waals surface area contributed by atoms with E-state index in [4.69, 9.17) is 4.74 Å². The highest BCUT2D eigenvalue weighted by molar-refractivity contribution is 5.62. The summed E-state index contributed by atoms with van der Waals surface area (Å²) in [6.07, 6.45) is 2.83. The second-order valence-electron chi connectivity index (χ2n) is 5.59. The van der Waals surface area contributed by atoms with Crippen molar-refractivity contribution >= 4 is 12.0 Å². The second kappa shape index (κ2) is 7.86. The smallest absolute Gasteiger partial charge is 0.214 e. The van der Waals surface area contributed by atoms with E-state index in [1.54, 1.807) is 25.5 Å². The van der Waals surface area contributed by atoms with Gasteiger partial charge in [0, 0.05) is 25.7 Å². The number of rotatable bonds is 6. The highest BCUT2D eigenvalue weighted by Gasteiger charge is 2.12. The average Bonchev–Trinajstić information content (AvgIpc) is 2.52. The first-order chi connectivity index (χ1) is 11.4. The van der Waals surface area contributed by atoms with Crippen LogP contribution in [0.4, 0.5) is 14.5 Å². The Bertz CT molecular complexity index is 714. The number of aromatic nitrogens is 1. The molecule has 4 nitrogen and oxygen atoms in total. The van der Waals surface area contributed by atoms with E-state index in [2.05, 4.69) is 9.98 Å². The molecule has 0 N–H and O–H groups in total. The molecule has 1 atom stereocenters. The average molecular weight is 333 g/mol. The molecular formula is C18H21F2N3O. The number of ether oxygens (including phenoxy) is 1. The zero-order valence-corrected chi connectivity index (χ0v) is 14.3. The van der Waals surface area contributed by atoms with Crippen molar-refractivity contribution in [2.75, 3.05) is 13.6 Å². The van der Waals surface area contributed by atoms with Gasteiger partial charge < -0.3 is 9.64 Å². The second-order valence-corrected chi connectivity index (χ2v) is 5.59. The Balaban J connectivity index is 2.12. The van der Waals surface area contributed by atoms with Crippen molar-refractivity contribution in [1.82, 2.24) is 9.88 Å². The first kappa shape index (κ1) is 17.8. The van der Waals surface area contributed by atoms with Gasteiger partial charge in [0.1, 0.15) is 17.7 Å². The Hall–Kier alpha value is -2.50. The molecule has 0 aliphatic heterocycles. The molecule has 0 spiro atoms. The van der Waals surface area contributed by atoms with E-state index in [1.807, 2.05) is 25.8 Å². The molecule has 24 heavy (non-hydrogen) atoms. The fourth-order valence-electron chi connectivity index (χ4n) is 2.02. The highest BCUT2D eigenvalue weighted by Crippen LogP contribution is 2.25. The van der Waals surface area contributed by atoms with E-state index < -0.39 is 17.7 Å². The third-order valence-electron chi connectivity index (χ3n) is 3.60. The fourth-order valence-corrected chi connectivity index (χ4v) is 2.02. The molecular weight excluding hydrogens is 312 g/mol. The molecule has 1 heterocycles. The number of hydrogen-bond acceptors (Lipinski definition) is 3. The molecule has 0 saturated carbocycles. The summed E-state index contributed by atoms with van der Waals surface area (Å²) in [7, 11) is 1.93. The van der Waals surface area contributed by atoms with E-state index in [0.29, 0.717) is 11.4 Å². The standard InChI is InChI=1S/C18H21F2N3O/c1-5-23(4)11-22-17-10-21-18(6-12(17)2)24-13(3)14-7-15(19)9-16(20)8-14/h6-11,13H,5H2,1-4H3/b22-11+. The Morgan fingerprint density at radius 2 is 1.92 bits per heavy atom. The van der Waals surface area contributed by atoms with Crippen molar-refractivity contribution in [3.8, 4) is 5.88 Å². The first-order valence-electron chi connectivity index (χ1n) is 7.72. The predicted molar refractivity (Wildman–Crippen MR) is 90.8 cm³/mol. The Morgan fingerprint density at radius 1 is 1.25 bits per heavy atom. The van der Waals surface area contributed by atoms with Gasteiger partial charge in [-0.2, -0.15) is 0 Å². The van der Waals surface area contributed by atoms with Gasteiger partial charge in [0.2, 0.25) is 5.88 Å². The summed E-state index contributed by atoms with van der Waals surface area (Å²) in [5.41, 5.74) is 2.06. The lowest BCUT2D eigenvalue weighted by atomic mass is 10.1. The number of aryl methyl sites for hydroxylation is 1. The van der Waals surface area contributed by atoms with Crippen LogP contribution in [-0.2, 0) is 0 Å². The lowest BCUT2D eigenvalue weighted by Crippen LogP contribution is -2.14. The monoisotopic (exact) mass is 333 g/mol. The largest absolute Gasteiger partial charge is 0.470 e. The summed E-state index contributed by atoms with van der Waals surface area (Å²) in [6.45, 7) is 6.51. The molecule has 0 amide bonds. The summed E-state index contributed by atoms with van der Waals surface area (Å²) in [6, 6.07) is 5.09. The molecule has 0 fully saturated rings. The summed E-state index contributed by atoms with van der Waals surface area (Å²) < 4.78 is 32.3. The quantitative estimate of drug-likeness (QED) is 0.580. The minimum Gasteiger partial charge on any atom is -0.470 e. The van der Waals surface area contributed by atoms with Crippen molar-refractivity contribution < 1.29 is 13.5 Å². The van der Waals surface area contributed by atoms with Gasteiger partial charge in [-0.1, -0.05) is 0 Å². The molecule has 0 bridgehead atoms. The number of aliphatic imine (C=N–C) groups is 1. The van der Waals surface area contributed by atoms with Gasteiger partial charge in [-0.15, -0.1) is 0 Å². The molecule has 0 saturated heterocycles. The Kier molecular flexibility index (Phi) is 5.84. The van der Waals surface area contributed by atoms with E-state index >= 15 is 0 Å². The van der Waals surface area contributed by atoms with E-state index in [1.165, 1.54) is 12.1 Å². The van der Waals surface area contributed by atoms with Gasteiger partial charge in [0.05, 0.1) is 18.2 Å². The van der Waals surface area contributed by atoms with Crippen LogP contribution in [0.5, 0.6) is 5.88 Å². The number of pyridine rings is 1. The van der Waals surface area contributed by atoms with Crippen molar-refractivity contribution in [2.24, 2.45) is 4.99 Å². The van der Waals surface area contributed by atoms with Crippen molar-refractivity contribution in [3.05, 3.63) is 53.2 Å². The number of hydrogen-bond donors (Lipinski definition) is 0. The summed E-state index contributed by atoms with van der Waals surface area (Å²) in [5, 5.41) is 0. The molecule has 2 aromatic rings. The molecule has 1 aromatic carbocycles. The molecule has 1 unspecified atom stereocenters. The topological polar surface area (TPSA) is 37.7 Å². The Labute approximate surface area is 140 Å². The third kappa shape index (κ3) is 4.75. The lowest BCUT2D eigenvalue weighted by Gasteiger charge is -2.15. The van der Waals surface area contributed by atoms with Crippen LogP contribution in [-0.4, -0.2) is 29.8 Å². The third-order valence-corrected chi connectivity index (χ3v) is 3.60.